The number of nitrogens with zero attached hydrogens (tertiary/aromatic N) is 2. The van der Waals surface area contributed by atoms with E-state index in [1.54, 1.807) is 7.11 Å². The lowest BCUT2D eigenvalue weighted by atomic mass is 10.1. The summed E-state index contributed by atoms with van der Waals surface area (Å²) in [5.74, 6) is 0.133. The molecule has 1 rings (SSSR count). The number of hydrogen-bond donors (Lipinski definition) is 1. The molecular formula is C17H31Cl2N3O2. The van der Waals surface area contributed by atoms with Crippen LogP contribution in [0.25, 0.3) is 0 Å². The molecule has 0 bridgehead atoms. The van der Waals surface area contributed by atoms with Crippen molar-refractivity contribution in [1.29, 1.82) is 0 Å². The van der Waals surface area contributed by atoms with Crippen LogP contribution < -0.4 is 5.73 Å². The molecule has 1 amide bonds. The Morgan fingerprint density at radius 2 is 1.62 bits per heavy atom. The molecule has 0 atom stereocenters. The summed E-state index contributed by atoms with van der Waals surface area (Å²) in [5, 5.41) is 0. The third-order valence-electron chi connectivity index (χ3n) is 3.83. The summed E-state index contributed by atoms with van der Waals surface area (Å²) in [6.45, 7) is 9.10. The number of ether oxygens (including phenoxy) is 1. The van der Waals surface area contributed by atoms with Gasteiger partial charge >= 0.3 is 0 Å². The van der Waals surface area contributed by atoms with Gasteiger partial charge in [0, 0.05) is 32.4 Å². The molecule has 0 aromatic heterocycles. The van der Waals surface area contributed by atoms with Gasteiger partial charge in [-0.3, -0.25) is 4.79 Å². The first-order valence-electron chi connectivity index (χ1n) is 7.94. The molecule has 1 aromatic rings. The number of likely N-dealkylation sites (N-methyl/N-ethyl adjacent to an activating group) is 1. The average Bonchev–Trinajstić information content (AvgIpc) is 2.53. The number of anilines is 1. The second kappa shape index (κ2) is 14.3. The summed E-state index contributed by atoms with van der Waals surface area (Å²) >= 11 is 0. The van der Waals surface area contributed by atoms with E-state index < -0.39 is 0 Å². The third kappa shape index (κ3) is 9.33. The van der Waals surface area contributed by atoms with E-state index in [1.165, 1.54) is 0 Å². The van der Waals surface area contributed by atoms with Crippen LogP contribution >= 0.6 is 24.8 Å². The van der Waals surface area contributed by atoms with Gasteiger partial charge in [-0.05, 0) is 30.8 Å². The topological polar surface area (TPSA) is 58.8 Å². The van der Waals surface area contributed by atoms with E-state index in [9.17, 15) is 4.79 Å². The van der Waals surface area contributed by atoms with Gasteiger partial charge in [0.05, 0.1) is 13.0 Å². The maximum atomic E-state index is 12.5. The van der Waals surface area contributed by atoms with Crippen LogP contribution in [0.3, 0.4) is 0 Å². The lowest BCUT2D eigenvalue weighted by molar-refractivity contribution is -0.131. The van der Waals surface area contributed by atoms with Crippen molar-refractivity contribution >= 4 is 36.4 Å². The fourth-order valence-electron chi connectivity index (χ4n) is 2.29. The van der Waals surface area contributed by atoms with Crippen LogP contribution in [0.2, 0.25) is 0 Å². The molecule has 0 saturated heterocycles. The van der Waals surface area contributed by atoms with E-state index in [0.717, 1.165) is 31.7 Å². The smallest absolute Gasteiger partial charge is 0.227 e. The van der Waals surface area contributed by atoms with E-state index >= 15 is 0 Å². The van der Waals surface area contributed by atoms with Gasteiger partial charge in [-0.25, -0.2) is 0 Å². The highest BCUT2D eigenvalue weighted by Gasteiger charge is 2.14. The number of methoxy groups -OCH3 is 1. The molecule has 0 saturated carbocycles. The van der Waals surface area contributed by atoms with Crippen LogP contribution in [0, 0.1) is 0 Å². The first-order chi connectivity index (χ1) is 10.6. The summed E-state index contributed by atoms with van der Waals surface area (Å²) in [6, 6.07) is 7.48. The fourth-order valence-corrected chi connectivity index (χ4v) is 2.29. The summed E-state index contributed by atoms with van der Waals surface area (Å²) in [4.78, 5) is 16.7. The van der Waals surface area contributed by atoms with Crippen molar-refractivity contribution in [2.75, 3.05) is 52.2 Å². The Balaban J connectivity index is 0. The van der Waals surface area contributed by atoms with Crippen molar-refractivity contribution < 1.29 is 9.53 Å². The van der Waals surface area contributed by atoms with E-state index in [-0.39, 0.29) is 30.7 Å². The normalized spacial score (nSPS) is 10.0. The molecule has 0 fully saturated rings. The Morgan fingerprint density at radius 3 is 2.12 bits per heavy atom. The minimum absolute atomic E-state index is 0. The molecule has 7 heteroatoms. The van der Waals surface area contributed by atoms with Crippen molar-refractivity contribution in [3.63, 3.8) is 0 Å². The number of nitrogens with two attached hydrogens (primary N) is 1. The number of hydrogen-bond acceptors (Lipinski definition) is 4. The van der Waals surface area contributed by atoms with Crippen LogP contribution in [-0.4, -0.2) is 62.1 Å². The second-order valence-corrected chi connectivity index (χ2v) is 5.32. The number of rotatable bonds is 10. The van der Waals surface area contributed by atoms with Crippen molar-refractivity contribution in [3.05, 3.63) is 29.8 Å². The molecule has 1 aromatic carbocycles. The molecule has 0 aliphatic carbocycles. The number of amides is 1. The largest absolute Gasteiger partial charge is 0.399 e. The van der Waals surface area contributed by atoms with Gasteiger partial charge in [0.15, 0.2) is 0 Å². The van der Waals surface area contributed by atoms with E-state index in [1.807, 2.05) is 29.2 Å². The number of halogens is 2. The number of nitrogen functional groups attached to an aromatic ring is 1. The monoisotopic (exact) mass is 379 g/mol. The van der Waals surface area contributed by atoms with E-state index in [0.29, 0.717) is 25.3 Å². The quantitative estimate of drug-likeness (QED) is 0.634. The first kappa shape index (κ1) is 25.2. The van der Waals surface area contributed by atoms with Crippen molar-refractivity contribution in [1.82, 2.24) is 9.80 Å². The van der Waals surface area contributed by atoms with Crippen LogP contribution in [0.15, 0.2) is 24.3 Å². The maximum absolute atomic E-state index is 12.5. The summed E-state index contributed by atoms with van der Waals surface area (Å²) in [5.41, 5.74) is 7.38. The summed E-state index contributed by atoms with van der Waals surface area (Å²) in [7, 11) is 1.66. The standard InChI is InChI=1S/C17H29N3O2.2ClH/c1-4-19(5-2)10-11-20(12-13-22-3)17(21)14-15-6-8-16(18)9-7-15;;/h6-9H,4-5,10-14,18H2,1-3H3;2*1H. The molecule has 2 N–H and O–H groups in total. The van der Waals surface area contributed by atoms with Crippen LogP contribution in [0.5, 0.6) is 0 Å². The molecule has 0 heterocycles. The lowest BCUT2D eigenvalue weighted by Gasteiger charge is -2.26. The number of carbonyl (C=O) groups excluding carboxylic acids is 1. The Morgan fingerprint density at radius 1 is 1.04 bits per heavy atom. The van der Waals surface area contributed by atoms with Gasteiger partial charge in [0.2, 0.25) is 5.91 Å². The highest BCUT2D eigenvalue weighted by atomic mass is 35.5. The molecule has 0 spiro atoms. The summed E-state index contributed by atoms with van der Waals surface area (Å²) in [6.07, 6.45) is 0.405. The van der Waals surface area contributed by atoms with Crippen LogP contribution in [-0.2, 0) is 16.0 Å². The molecule has 140 valence electrons. The van der Waals surface area contributed by atoms with Crippen molar-refractivity contribution in [3.8, 4) is 0 Å². The average molecular weight is 380 g/mol. The minimum atomic E-state index is 0. The van der Waals surface area contributed by atoms with E-state index in [4.69, 9.17) is 10.5 Å². The highest BCUT2D eigenvalue weighted by molar-refractivity contribution is 5.85. The summed E-state index contributed by atoms with van der Waals surface area (Å²) < 4.78 is 5.12. The molecule has 0 aliphatic rings. The van der Waals surface area contributed by atoms with Gasteiger partial charge in [0.25, 0.3) is 0 Å². The van der Waals surface area contributed by atoms with Crippen molar-refractivity contribution in [2.24, 2.45) is 0 Å². The third-order valence-corrected chi connectivity index (χ3v) is 3.83. The van der Waals surface area contributed by atoms with Crippen LogP contribution in [0.4, 0.5) is 5.69 Å². The number of carbonyl (C=O) groups is 1. The second-order valence-electron chi connectivity index (χ2n) is 5.32. The molecule has 5 nitrogen and oxygen atoms in total. The Bertz CT molecular complexity index is 440. The predicted octanol–water partition coefficient (Wildman–Crippen LogP) is 2.47. The first-order valence-corrected chi connectivity index (χ1v) is 7.94. The zero-order valence-electron chi connectivity index (χ0n) is 14.9. The zero-order valence-corrected chi connectivity index (χ0v) is 16.5. The van der Waals surface area contributed by atoms with Gasteiger partial charge in [-0.2, -0.15) is 0 Å². The SMILES string of the molecule is CCN(CC)CCN(CCOC)C(=O)Cc1ccc(N)cc1.Cl.Cl. The van der Waals surface area contributed by atoms with Gasteiger partial charge in [-0.15, -0.1) is 24.8 Å². The Hall–Kier alpha value is -1.01. The predicted molar refractivity (Wildman–Crippen MR) is 105 cm³/mol. The minimum Gasteiger partial charge on any atom is -0.399 e. The Kier molecular flexibility index (Phi) is 15.1. The molecule has 0 radical (unpaired) electrons. The fraction of sp³-hybridized carbons (Fsp3) is 0.588. The van der Waals surface area contributed by atoms with Gasteiger partial charge < -0.3 is 20.3 Å². The molecule has 24 heavy (non-hydrogen) atoms. The lowest BCUT2D eigenvalue weighted by Crippen LogP contribution is -2.41. The van der Waals surface area contributed by atoms with Crippen LogP contribution in [0.1, 0.15) is 19.4 Å². The van der Waals surface area contributed by atoms with E-state index in [2.05, 4.69) is 18.7 Å². The highest BCUT2D eigenvalue weighted by Crippen LogP contribution is 2.08. The molecule has 0 unspecified atom stereocenters. The maximum Gasteiger partial charge on any atom is 0.227 e. The number of benzene rings is 1. The molecule has 0 aliphatic heterocycles. The van der Waals surface area contributed by atoms with Gasteiger partial charge in [0.1, 0.15) is 0 Å². The zero-order chi connectivity index (χ0) is 16.4. The Labute approximate surface area is 158 Å². The molecular weight excluding hydrogens is 349 g/mol. The van der Waals surface area contributed by atoms with Crippen molar-refractivity contribution in [2.45, 2.75) is 20.3 Å². The van der Waals surface area contributed by atoms with Gasteiger partial charge in [-0.1, -0.05) is 26.0 Å².